The van der Waals surface area contributed by atoms with Crippen molar-refractivity contribution in [2.75, 3.05) is 12.3 Å². The molecule has 8 heteroatoms. The van der Waals surface area contributed by atoms with Crippen LogP contribution in [0.4, 0.5) is 0 Å². The Morgan fingerprint density at radius 3 is 2.48 bits per heavy atom. The van der Waals surface area contributed by atoms with Gasteiger partial charge in [0.2, 0.25) is 15.9 Å². The van der Waals surface area contributed by atoms with E-state index in [-0.39, 0.29) is 5.75 Å². The molecule has 1 aliphatic heterocycles. The van der Waals surface area contributed by atoms with Gasteiger partial charge in [0.1, 0.15) is 11.6 Å². The maximum Gasteiger partial charge on any atom is 0.329 e. The van der Waals surface area contributed by atoms with E-state index in [2.05, 4.69) is 5.32 Å². The highest BCUT2D eigenvalue weighted by molar-refractivity contribution is 7.89. The first kappa shape index (κ1) is 16.2. The SMILES string of the molecule is CCCS(=O)(=O)N1CCCC1C(=O)NC1(C(=O)O)CCC1. The van der Waals surface area contributed by atoms with Crippen molar-refractivity contribution in [3.05, 3.63) is 0 Å². The molecule has 0 spiro atoms. The third-order valence-corrected chi connectivity index (χ3v) is 6.38. The van der Waals surface area contributed by atoms with Crippen LogP contribution in [0.3, 0.4) is 0 Å². The van der Waals surface area contributed by atoms with Gasteiger partial charge in [-0.25, -0.2) is 13.2 Å². The maximum absolute atomic E-state index is 12.3. The van der Waals surface area contributed by atoms with Crippen molar-refractivity contribution in [1.29, 1.82) is 0 Å². The van der Waals surface area contributed by atoms with Gasteiger partial charge < -0.3 is 10.4 Å². The Labute approximate surface area is 124 Å². The lowest BCUT2D eigenvalue weighted by atomic mass is 9.76. The number of carbonyl (C=O) groups is 2. The molecule has 1 unspecified atom stereocenters. The number of carboxylic acids is 1. The number of hydrogen-bond acceptors (Lipinski definition) is 4. The van der Waals surface area contributed by atoms with E-state index >= 15 is 0 Å². The molecule has 1 amide bonds. The van der Waals surface area contributed by atoms with Crippen LogP contribution in [-0.4, -0.2) is 53.6 Å². The van der Waals surface area contributed by atoms with Gasteiger partial charge in [-0.2, -0.15) is 4.31 Å². The molecule has 0 aromatic heterocycles. The Morgan fingerprint density at radius 1 is 1.33 bits per heavy atom. The number of amides is 1. The van der Waals surface area contributed by atoms with Gasteiger partial charge in [-0.3, -0.25) is 4.79 Å². The fourth-order valence-corrected chi connectivity index (χ4v) is 4.70. The van der Waals surface area contributed by atoms with E-state index in [1.165, 1.54) is 4.31 Å². The fraction of sp³-hybridized carbons (Fsp3) is 0.846. The van der Waals surface area contributed by atoms with Gasteiger partial charge in [-0.05, 0) is 38.5 Å². The third-order valence-electron chi connectivity index (χ3n) is 4.30. The molecule has 2 rings (SSSR count). The second kappa shape index (κ2) is 5.92. The number of nitrogens with one attached hydrogen (secondary N) is 1. The molecule has 1 saturated carbocycles. The smallest absolute Gasteiger partial charge is 0.329 e. The van der Waals surface area contributed by atoms with Crippen LogP contribution in [0.15, 0.2) is 0 Å². The molecule has 2 fully saturated rings. The number of nitrogens with zero attached hydrogens (tertiary/aromatic N) is 1. The Bertz CT molecular complexity index is 527. The Balaban J connectivity index is 2.10. The molecule has 2 N–H and O–H groups in total. The molecule has 120 valence electrons. The van der Waals surface area contributed by atoms with Gasteiger partial charge in [-0.1, -0.05) is 6.92 Å². The quantitative estimate of drug-likeness (QED) is 0.734. The minimum atomic E-state index is -3.44. The van der Waals surface area contributed by atoms with Crippen LogP contribution in [0.2, 0.25) is 0 Å². The zero-order valence-corrected chi connectivity index (χ0v) is 13.0. The summed E-state index contributed by atoms with van der Waals surface area (Å²) in [5.74, 6) is -1.50. The lowest BCUT2D eigenvalue weighted by molar-refractivity contribution is -0.152. The van der Waals surface area contributed by atoms with E-state index in [4.69, 9.17) is 0 Å². The molecule has 21 heavy (non-hydrogen) atoms. The van der Waals surface area contributed by atoms with Crippen molar-refractivity contribution in [2.45, 2.75) is 57.0 Å². The molecule has 0 aromatic rings. The van der Waals surface area contributed by atoms with Crippen molar-refractivity contribution in [1.82, 2.24) is 9.62 Å². The van der Waals surface area contributed by atoms with Gasteiger partial charge in [0, 0.05) is 6.54 Å². The third kappa shape index (κ3) is 3.06. The van der Waals surface area contributed by atoms with Crippen molar-refractivity contribution < 1.29 is 23.1 Å². The summed E-state index contributed by atoms with van der Waals surface area (Å²) in [4.78, 5) is 23.6. The van der Waals surface area contributed by atoms with Gasteiger partial charge in [0.25, 0.3) is 0 Å². The Hall–Kier alpha value is -1.15. The number of carbonyl (C=O) groups excluding carboxylic acids is 1. The molecule has 7 nitrogen and oxygen atoms in total. The highest BCUT2D eigenvalue weighted by atomic mass is 32.2. The average Bonchev–Trinajstić information content (AvgIpc) is 2.82. The first-order valence-electron chi connectivity index (χ1n) is 7.37. The van der Waals surface area contributed by atoms with E-state index in [1.54, 1.807) is 6.92 Å². The summed E-state index contributed by atoms with van der Waals surface area (Å²) < 4.78 is 25.6. The summed E-state index contributed by atoms with van der Waals surface area (Å²) >= 11 is 0. The van der Waals surface area contributed by atoms with E-state index in [0.717, 1.165) is 6.42 Å². The molecule has 1 atom stereocenters. The highest BCUT2D eigenvalue weighted by Gasteiger charge is 2.48. The summed E-state index contributed by atoms with van der Waals surface area (Å²) in [6.45, 7) is 2.11. The largest absolute Gasteiger partial charge is 0.480 e. The predicted octanol–water partition coefficient (Wildman–Crippen LogP) is 0.314. The zero-order valence-electron chi connectivity index (χ0n) is 12.2. The molecule has 1 heterocycles. The van der Waals surface area contributed by atoms with Crippen LogP contribution in [-0.2, 0) is 19.6 Å². The van der Waals surface area contributed by atoms with E-state index in [1.807, 2.05) is 0 Å². The van der Waals surface area contributed by atoms with Crippen LogP contribution < -0.4 is 5.32 Å². The molecular formula is C13H22N2O5S. The van der Waals surface area contributed by atoms with Crippen molar-refractivity contribution in [3.8, 4) is 0 Å². The van der Waals surface area contributed by atoms with Crippen molar-refractivity contribution in [2.24, 2.45) is 0 Å². The van der Waals surface area contributed by atoms with Gasteiger partial charge in [0.05, 0.1) is 5.75 Å². The normalized spacial score (nSPS) is 25.3. The number of rotatable bonds is 6. The van der Waals surface area contributed by atoms with Crippen molar-refractivity contribution >= 4 is 21.9 Å². The zero-order chi connectivity index (χ0) is 15.7. The summed E-state index contributed by atoms with van der Waals surface area (Å²) in [5, 5.41) is 11.8. The summed E-state index contributed by atoms with van der Waals surface area (Å²) in [6, 6.07) is -0.765. The first-order valence-corrected chi connectivity index (χ1v) is 8.98. The molecule has 2 aliphatic rings. The van der Waals surface area contributed by atoms with Crippen molar-refractivity contribution in [3.63, 3.8) is 0 Å². The first-order chi connectivity index (χ1) is 9.82. The fourth-order valence-electron chi connectivity index (χ4n) is 2.95. The standard InChI is InChI=1S/C13H22N2O5S/c1-2-9-21(19,20)15-8-3-5-10(15)11(16)14-13(12(17)18)6-4-7-13/h10H,2-9H2,1H3,(H,14,16)(H,17,18). The minimum Gasteiger partial charge on any atom is -0.480 e. The summed E-state index contributed by atoms with van der Waals surface area (Å²) in [5.41, 5.74) is -1.19. The van der Waals surface area contributed by atoms with Crippen LogP contribution >= 0.6 is 0 Å². The van der Waals surface area contributed by atoms with Crippen LogP contribution in [0.25, 0.3) is 0 Å². The molecule has 0 aromatic carbocycles. The summed E-state index contributed by atoms with van der Waals surface area (Å²) in [6.07, 6.45) is 3.14. The number of carboxylic acid groups (broad SMARTS) is 1. The van der Waals surface area contributed by atoms with E-state index in [0.29, 0.717) is 38.6 Å². The van der Waals surface area contributed by atoms with Crippen LogP contribution in [0.1, 0.15) is 45.4 Å². The molecule has 0 radical (unpaired) electrons. The monoisotopic (exact) mass is 318 g/mol. The van der Waals surface area contributed by atoms with Gasteiger partial charge >= 0.3 is 5.97 Å². The lowest BCUT2D eigenvalue weighted by Crippen LogP contribution is -2.62. The average molecular weight is 318 g/mol. The Kier molecular flexibility index (Phi) is 4.57. The van der Waals surface area contributed by atoms with Crippen LogP contribution in [0.5, 0.6) is 0 Å². The minimum absolute atomic E-state index is 0.0147. The van der Waals surface area contributed by atoms with Gasteiger partial charge in [0.15, 0.2) is 0 Å². The molecule has 1 aliphatic carbocycles. The topological polar surface area (TPSA) is 104 Å². The van der Waals surface area contributed by atoms with E-state index < -0.39 is 33.5 Å². The van der Waals surface area contributed by atoms with E-state index in [9.17, 15) is 23.1 Å². The number of aliphatic carboxylic acids is 1. The molecular weight excluding hydrogens is 296 g/mol. The highest BCUT2D eigenvalue weighted by Crippen LogP contribution is 2.33. The Morgan fingerprint density at radius 2 is 2.00 bits per heavy atom. The molecule has 1 saturated heterocycles. The van der Waals surface area contributed by atoms with Crippen LogP contribution in [0, 0.1) is 0 Å². The maximum atomic E-state index is 12.3. The van der Waals surface area contributed by atoms with Gasteiger partial charge in [-0.15, -0.1) is 0 Å². The summed E-state index contributed by atoms with van der Waals surface area (Å²) in [7, 11) is -3.44. The lowest BCUT2D eigenvalue weighted by Gasteiger charge is -2.39. The number of hydrogen-bond donors (Lipinski definition) is 2. The second-order valence-corrected chi connectivity index (χ2v) is 7.86. The number of sulfonamides is 1. The predicted molar refractivity (Wildman–Crippen MR) is 76.2 cm³/mol. The second-order valence-electron chi connectivity index (χ2n) is 5.81. The molecule has 0 bridgehead atoms.